The number of hydrogen-bond acceptors (Lipinski definition) is 3. The minimum absolute atomic E-state index is 0.0314. The average molecular weight is 305 g/mol. The van der Waals surface area contributed by atoms with E-state index in [-0.39, 0.29) is 18.0 Å². The molecular formula is C15H17ClN4O. The zero-order chi connectivity index (χ0) is 14.8. The maximum atomic E-state index is 12.4. The second kappa shape index (κ2) is 5.87. The summed E-state index contributed by atoms with van der Waals surface area (Å²) in [4.78, 5) is 19.7. The molecule has 0 aliphatic carbocycles. The lowest BCUT2D eigenvalue weighted by Gasteiger charge is -2.24. The number of nitrogens with zero attached hydrogens (tertiary/aromatic N) is 1. The maximum Gasteiger partial charge on any atom is 0.238 e. The van der Waals surface area contributed by atoms with Gasteiger partial charge in [0, 0.05) is 18.0 Å². The molecule has 0 bridgehead atoms. The Labute approximate surface area is 128 Å². The second-order valence-corrected chi connectivity index (χ2v) is 5.62. The number of fused-ring (bicyclic) bond motifs is 1. The van der Waals surface area contributed by atoms with Crippen molar-refractivity contribution in [1.29, 1.82) is 0 Å². The van der Waals surface area contributed by atoms with Gasteiger partial charge in [-0.15, -0.1) is 0 Å². The topological polar surface area (TPSA) is 69.8 Å². The molecule has 0 fully saturated rings. The largest absolute Gasteiger partial charge is 0.348 e. The number of carbonyl (C=O) groups excluding carboxylic acids is 1. The molecule has 21 heavy (non-hydrogen) atoms. The van der Waals surface area contributed by atoms with Crippen molar-refractivity contribution in [2.24, 2.45) is 0 Å². The van der Waals surface area contributed by atoms with Gasteiger partial charge in [0.1, 0.15) is 0 Å². The molecule has 2 heterocycles. The third-order valence-electron chi connectivity index (χ3n) is 3.78. The lowest BCUT2D eigenvalue weighted by Crippen LogP contribution is -2.48. The number of halogens is 1. The van der Waals surface area contributed by atoms with E-state index in [0.717, 1.165) is 17.0 Å². The Balaban J connectivity index is 1.66. The number of rotatable bonds is 3. The zero-order valence-corrected chi connectivity index (χ0v) is 12.4. The van der Waals surface area contributed by atoms with Crippen LogP contribution >= 0.6 is 11.6 Å². The molecule has 1 unspecified atom stereocenters. The van der Waals surface area contributed by atoms with Gasteiger partial charge in [-0.3, -0.25) is 10.1 Å². The van der Waals surface area contributed by atoms with Crippen LogP contribution in [0.4, 0.5) is 0 Å². The molecule has 2 atom stereocenters. The second-order valence-electron chi connectivity index (χ2n) is 5.22. The van der Waals surface area contributed by atoms with Crippen molar-refractivity contribution < 1.29 is 4.79 Å². The van der Waals surface area contributed by atoms with Gasteiger partial charge in [-0.1, -0.05) is 29.8 Å². The molecule has 0 saturated carbocycles. The maximum absolute atomic E-state index is 12.4. The average Bonchev–Trinajstić information content (AvgIpc) is 2.94. The van der Waals surface area contributed by atoms with Crippen LogP contribution in [0.5, 0.6) is 0 Å². The summed E-state index contributed by atoms with van der Waals surface area (Å²) < 4.78 is 0. The summed E-state index contributed by atoms with van der Waals surface area (Å²) >= 11 is 6.16. The molecule has 3 rings (SSSR count). The first-order valence-corrected chi connectivity index (χ1v) is 7.32. The van der Waals surface area contributed by atoms with Crippen LogP contribution in [-0.2, 0) is 17.8 Å². The van der Waals surface area contributed by atoms with Gasteiger partial charge in [-0.2, -0.15) is 0 Å². The van der Waals surface area contributed by atoms with Gasteiger partial charge in [0.2, 0.25) is 5.91 Å². The smallest absolute Gasteiger partial charge is 0.238 e. The molecular weight excluding hydrogens is 288 g/mol. The van der Waals surface area contributed by atoms with Crippen LogP contribution in [0.3, 0.4) is 0 Å². The molecule has 110 valence electrons. The van der Waals surface area contributed by atoms with E-state index in [9.17, 15) is 4.79 Å². The minimum Gasteiger partial charge on any atom is -0.348 e. The van der Waals surface area contributed by atoms with Gasteiger partial charge >= 0.3 is 0 Å². The van der Waals surface area contributed by atoms with Crippen molar-refractivity contribution in [3.63, 3.8) is 0 Å². The Kier molecular flexibility index (Phi) is 3.94. The Morgan fingerprint density at radius 3 is 3.10 bits per heavy atom. The summed E-state index contributed by atoms with van der Waals surface area (Å²) in [6.07, 6.45) is 2.26. The lowest BCUT2D eigenvalue weighted by atomic mass is 10.0. The fraction of sp³-hybridized carbons (Fsp3) is 0.333. The Morgan fingerprint density at radius 2 is 2.29 bits per heavy atom. The predicted molar refractivity (Wildman–Crippen MR) is 80.9 cm³/mol. The third-order valence-corrected chi connectivity index (χ3v) is 4.12. The Morgan fingerprint density at radius 1 is 1.48 bits per heavy atom. The van der Waals surface area contributed by atoms with Crippen LogP contribution in [0.1, 0.15) is 29.9 Å². The molecule has 0 saturated heterocycles. The molecule has 1 aliphatic heterocycles. The van der Waals surface area contributed by atoms with E-state index < -0.39 is 0 Å². The highest BCUT2D eigenvalue weighted by Gasteiger charge is 2.26. The van der Waals surface area contributed by atoms with Crippen molar-refractivity contribution >= 4 is 17.5 Å². The van der Waals surface area contributed by atoms with E-state index in [0.29, 0.717) is 18.0 Å². The van der Waals surface area contributed by atoms with Crippen molar-refractivity contribution in [1.82, 2.24) is 20.6 Å². The number of hydrogen-bond donors (Lipinski definition) is 3. The van der Waals surface area contributed by atoms with Gasteiger partial charge in [0.15, 0.2) is 0 Å². The monoisotopic (exact) mass is 304 g/mol. The number of aromatic nitrogens is 2. The molecule has 2 aromatic rings. The first kappa shape index (κ1) is 14.1. The molecule has 0 radical (unpaired) electrons. The zero-order valence-electron chi connectivity index (χ0n) is 11.7. The summed E-state index contributed by atoms with van der Waals surface area (Å²) in [5.74, 6) is -0.0314. The number of amides is 1. The molecule has 0 spiro atoms. The number of carbonyl (C=O) groups is 1. The van der Waals surface area contributed by atoms with E-state index in [1.165, 1.54) is 0 Å². The normalized spacial score (nSPS) is 18.9. The van der Waals surface area contributed by atoms with Gasteiger partial charge in [-0.05, 0) is 18.6 Å². The summed E-state index contributed by atoms with van der Waals surface area (Å²) in [5.41, 5.74) is 2.93. The van der Waals surface area contributed by atoms with Crippen LogP contribution in [-0.4, -0.2) is 21.9 Å². The summed E-state index contributed by atoms with van der Waals surface area (Å²) in [6.45, 7) is 2.57. The van der Waals surface area contributed by atoms with E-state index in [2.05, 4.69) is 20.6 Å². The van der Waals surface area contributed by atoms with Gasteiger partial charge < -0.3 is 10.3 Å². The van der Waals surface area contributed by atoms with Gasteiger partial charge in [-0.25, -0.2) is 4.98 Å². The summed E-state index contributed by atoms with van der Waals surface area (Å²) in [7, 11) is 0. The van der Waals surface area contributed by atoms with E-state index in [1.807, 2.05) is 31.2 Å². The molecule has 1 aliphatic rings. The van der Waals surface area contributed by atoms with Crippen LogP contribution in [0.2, 0.25) is 5.02 Å². The molecule has 1 aromatic heterocycles. The number of aromatic amines is 1. The van der Waals surface area contributed by atoms with E-state index in [1.54, 1.807) is 6.33 Å². The molecule has 3 N–H and O–H groups in total. The molecule has 5 nitrogen and oxygen atoms in total. The highest BCUT2D eigenvalue weighted by molar-refractivity contribution is 6.31. The summed E-state index contributed by atoms with van der Waals surface area (Å²) in [6, 6.07) is 7.15. The first-order valence-electron chi connectivity index (χ1n) is 6.94. The van der Waals surface area contributed by atoms with Gasteiger partial charge in [0.25, 0.3) is 0 Å². The fourth-order valence-electron chi connectivity index (χ4n) is 2.57. The van der Waals surface area contributed by atoms with Gasteiger partial charge in [0.05, 0.1) is 29.8 Å². The van der Waals surface area contributed by atoms with E-state index >= 15 is 0 Å². The van der Waals surface area contributed by atoms with Crippen LogP contribution in [0, 0.1) is 0 Å². The standard InChI is InChI=1S/C15H17ClN4O/c1-9(10-4-2-3-5-11(10)16)20-15(21)13-6-12-14(7-17-13)19-8-18-12/h2-5,8-9,13,17H,6-7H2,1H3,(H,18,19)(H,20,21)/t9-,13?/m0/s1. The highest BCUT2D eigenvalue weighted by Crippen LogP contribution is 2.22. The molecule has 1 amide bonds. The quantitative estimate of drug-likeness (QED) is 0.812. The van der Waals surface area contributed by atoms with E-state index in [4.69, 9.17) is 11.6 Å². The number of benzene rings is 1. The Bertz CT molecular complexity index is 655. The number of imidazole rings is 1. The SMILES string of the molecule is C[C@H](NC(=O)C1Cc2nc[nH]c2CN1)c1ccccc1Cl. The molecule has 1 aromatic carbocycles. The Hall–Kier alpha value is -1.85. The highest BCUT2D eigenvalue weighted by atomic mass is 35.5. The third kappa shape index (κ3) is 2.94. The van der Waals surface area contributed by atoms with Crippen molar-refractivity contribution in [2.75, 3.05) is 0 Å². The van der Waals surface area contributed by atoms with Crippen molar-refractivity contribution in [2.45, 2.75) is 32.0 Å². The van der Waals surface area contributed by atoms with Crippen molar-refractivity contribution in [3.8, 4) is 0 Å². The fourth-order valence-corrected chi connectivity index (χ4v) is 2.87. The predicted octanol–water partition coefficient (Wildman–Crippen LogP) is 1.95. The van der Waals surface area contributed by atoms with Crippen LogP contribution < -0.4 is 10.6 Å². The lowest BCUT2D eigenvalue weighted by molar-refractivity contribution is -0.124. The van der Waals surface area contributed by atoms with Crippen LogP contribution in [0.15, 0.2) is 30.6 Å². The van der Waals surface area contributed by atoms with Crippen molar-refractivity contribution in [3.05, 3.63) is 52.6 Å². The minimum atomic E-state index is -0.259. The summed E-state index contributed by atoms with van der Waals surface area (Å²) in [5, 5.41) is 6.89. The molecule has 6 heteroatoms. The number of nitrogens with one attached hydrogen (secondary N) is 3. The van der Waals surface area contributed by atoms with Crippen LogP contribution in [0.25, 0.3) is 0 Å². The first-order chi connectivity index (χ1) is 10.1. The number of H-pyrrole nitrogens is 1.